The van der Waals surface area contributed by atoms with E-state index in [1.54, 1.807) is 17.0 Å². The Hall–Kier alpha value is -2.77. The van der Waals surface area contributed by atoms with Crippen molar-refractivity contribution in [2.24, 2.45) is 5.10 Å². The largest absolute Gasteiger partial charge is 0.439 e. The van der Waals surface area contributed by atoms with Crippen molar-refractivity contribution in [3.63, 3.8) is 0 Å². The zero-order valence-electron chi connectivity index (χ0n) is 13.0. The van der Waals surface area contributed by atoms with Crippen molar-refractivity contribution >= 4 is 17.3 Å². The molecule has 0 radical (unpaired) electrons. The predicted octanol–water partition coefficient (Wildman–Crippen LogP) is 3.06. The van der Waals surface area contributed by atoms with Crippen LogP contribution in [0.15, 0.2) is 53.0 Å². The topological polar surface area (TPSA) is 45.1 Å². The standard InChI is InChI=1S/C16H14F3N3O2/c1-3-22-11-6-4-5-7-12(11)24-13(22)9-8-10-14(16(17,18)19)20-21(2)15(10)23/h4-9H,3H2,1-2H3/b10-8+,13-9+. The zero-order chi connectivity index (χ0) is 17.5. The molecular formula is C16H14F3N3O2. The van der Waals surface area contributed by atoms with E-state index < -0.39 is 23.4 Å². The van der Waals surface area contributed by atoms with Crippen molar-refractivity contribution in [2.75, 3.05) is 18.5 Å². The summed E-state index contributed by atoms with van der Waals surface area (Å²) < 4.78 is 44.7. The van der Waals surface area contributed by atoms with Gasteiger partial charge in [-0.15, -0.1) is 0 Å². The molecule has 0 atom stereocenters. The number of carbonyl (C=O) groups excluding carboxylic acids is 1. The van der Waals surface area contributed by atoms with Crippen molar-refractivity contribution in [2.45, 2.75) is 13.1 Å². The minimum atomic E-state index is -4.70. The van der Waals surface area contributed by atoms with Gasteiger partial charge in [-0.25, -0.2) is 5.01 Å². The summed E-state index contributed by atoms with van der Waals surface area (Å²) in [5.41, 5.74) is -0.886. The van der Waals surface area contributed by atoms with Crippen molar-refractivity contribution in [3.05, 3.63) is 47.9 Å². The third kappa shape index (κ3) is 2.64. The Labute approximate surface area is 136 Å². The fourth-order valence-electron chi connectivity index (χ4n) is 2.54. The first-order chi connectivity index (χ1) is 11.3. The molecule has 1 aromatic rings. The van der Waals surface area contributed by atoms with Crippen LogP contribution in [0.25, 0.3) is 0 Å². The van der Waals surface area contributed by atoms with Gasteiger partial charge in [0.2, 0.25) is 5.88 Å². The van der Waals surface area contributed by atoms with Crippen LogP contribution in [0.1, 0.15) is 6.92 Å². The Morgan fingerprint density at radius 3 is 2.62 bits per heavy atom. The first-order valence-electron chi connectivity index (χ1n) is 7.23. The molecule has 0 fully saturated rings. The molecule has 0 spiro atoms. The number of ether oxygens (including phenoxy) is 1. The first-order valence-corrected chi connectivity index (χ1v) is 7.23. The Balaban J connectivity index is 1.96. The van der Waals surface area contributed by atoms with E-state index in [2.05, 4.69) is 5.10 Å². The number of alkyl halides is 3. The number of likely N-dealkylation sites (N-methyl/N-ethyl adjacent to an activating group) is 1. The maximum Gasteiger partial charge on any atom is 0.435 e. The molecule has 3 rings (SSSR count). The summed E-state index contributed by atoms with van der Waals surface area (Å²) in [6, 6.07) is 7.26. The number of amides is 1. The lowest BCUT2D eigenvalue weighted by Gasteiger charge is -2.15. The molecule has 2 heterocycles. The molecule has 0 aliphatic carbocycles. The van der Waals surface area contributed by atoms with Gasteiger partial charge >= 0.3 is 6.18 Å². The van der Waals surface area contributed by atoms with E-state index in [0.717, 1.165) is 11.8 Å². The number of halogens is 3. The van der Waals surface area contributed by atoms with Crippen LogP contribution >= 0.6 is 0 Å². The molecule has 8 heteroatoms. The maximum atomic E-state index is 13.0. The van der Waals surface area contributed by atoms with E-state index in [0.29, 0.717) is 23.2 Å². The molecule has 0 unspecified atom stereocenters. The second-order valence-corrected chi connectivity index (χ2v) is 5.17. The van der Waals surface area contributed by atoms with E-state index in [-0.39, 0.29) is 0 Å². The lowest BCUT2D eigenvalue weighted by atomic mass is 10.1. The van der Waals surface area contributed by atoms with Crippen LogP contribution in [0, 0.1) is 0 Å². The van der Waals surface area contributed by atoms with Gasteiger partial charge in [0.05, 0.1) is 11.3 Å². The number of hydrogen-bond donors (Lipinski definition) is 0. The van der Waals surface area contributed by atoms with E-state index in [4.69, 9.17) is 4.74 Å². The highest BCUT2D eigenvalue weighted by molar-refractivity contribution is 6.26. The van der Waals surface area contributed by atoms with Gasteiger partial charge in [-0.1, -0.05) is 12.1 Å². The lowest BCUT2D eigenvalue weighted by molar-refractivity contribution is -0.124. The molecule has 24 heavy (non-hydrogen) atoms. The van der Waals surface area contributed by atoms with E-state index >= 15 is 0 Å². The molecule has 1 aromatic carbocycles. The van der Waals surface area contributed by atoms with Gasteiger partial charge in [-0.3, -0.25) is 4.79 Å². The highest BCUT2D eigenvalue weighted by atomic mass is 19.4. The molecule has 0 saturated carbocycles. The molecule has 0 aromatic heterocycles. The van der Waals surface area contributed by atoms with Crippen LogP contribution in [0.4, 0.5) is 18.9 Å². The predicted molar refractivity (Wildman–Crippen MR) is 82.5 cm³/mol. The van der Waals surface area contributed by atoms with Crippen LogP contribution in [-0.2, 0) is 4.79 Å². The average molecular weight is 337 g/mol. The van der Waals surface area contributed by atoms with Crippen molar-refractivity contribution < 1.29 is 22.7 Å². The van der Waals surface area contributed by atoms with Gasteiger partial charge in [0.1, 0.15) is 0 Å². The van der Waals surface area contributed by atoms with E-state index in [1.807, 2.05) is 19.1 Å². The number of benzene rings is 1. The zero-order valence-corrected chi connectivity index (χ0v) is 13.0. The van der Waals surface area contributed by atoms with Gasteiger partial charge in [0, 0.05) is 13.6 Å². The van der Waals surface area contributed by atoms with Crippen LogP contribution < -0.4 is 9.64 Å². The van der Waals surface area contributed by atoms with Gasteiger partial charge in [-0.2, -0.15) is 18.3 Å². The van der Waals surface area contributed by atoms with Crippen LogP contribution in [0.3, 0.4) is 0 Å². The van der Waals surface area contributed by atoms with Crippen molar-refractivity contribution in [3.8, 4) is 5.75 Å². The van der Waals surface area contributed by atoms with Gasteiger partial charge < -0.3 is 9.64 Å². The number of rotatable bonds is 2. The number of hydrazone groups is 1. The smallest absolute Gasteiger partial charge is 0.435 e. The third-order valence-electron chi connectivity index (χ3n) is 3.64. The minimum Gasteiger partial charge on any atom is -0.439 e. The molecule has 126 valence electrons. The number of anilines is 1. The number of carbonyl (C=O) groups is 1. The maximum absolute atomic E-state index is 13.0. The summed E-state index contributed by atoms with van der Waals surface area (Å²) in [5, 5.41) is 3.95. The first kappa shape index (κ1) is 16.1. The Morgan fingerprint density at radius 1 is 1.25 bits per heavy atom. The Bertz CT molecular complexity index is 781. The van der Waals surface area contributed by atoms with Crippen LogP contribution in [-0.4, -0.2) is 36.4 Å². The quantitative estimate of drug-likeness (QED) is 0.779. The summed E-state index contributed by atoms with van der Waals surface area (Å²) in [7, 11) is 1.18. The fraction of sp³-hybridized carbons (Fsp3) is 0.250. The molecule has 2 aliphatic rings. The molecular weight excluding hydrogens is 323 g/mol. The molecule has 1 amide bonds. The molecule has 0 N–H and O–H groups in total. The molecule has 0 saturated heterocycles. The molecule has 5 nitrogen and oxygen atoms in total. The van der Waals surface area contributed by atoms with Gasteiger partial charge in [-0.05, 0) is 31.2 Å². The second-order valence-electron chi connectivity index (χ2n) is 5.17. The van der Waals surface area contributed by atoms with E-state index in [1.165, 1.54) is 13.1 Å². The lowest BCUT2D eigenvalue weighted by Crippen LogP contribution is -2.25. The third-order valence-corrected chi connectivity index (χ3v) is 3.64. The molecule has 0 bridgehead atoms. The number of fused-ring (bicyclic) bond motifs is 1. The number of nitrogens with zero attached hydrogens (tertiary/aromatic N) is 3. The number of allylic oxidation sites excluding steroid dienone is 2. The van der Waals surface area contributed by atoms with E-state index in [9.17, 15) is 18.0 Å². The highest BCUT2D eigenvalue weighted by Crippen LogP contribution is 2.38. The summed E-state index contributed by atoms with van der Waals surface area (Å²) in [4.78, 5) is 13.7. The average Bonchev–Trinajstić information content (AvgIpc) is 3.03. The summed E-state index contributed by atoms with van der Waals surface area (Å²) >= 11 is 0. The van der Waals surface area contributed by atoms with Gasteiger partial charge in [0.25, 0.3) is 5.91 Å². The summed E-state index contributed by atoms with van der Waals surface area (Å²) in [5.74, 6) is 0.163. The normalized spacial score (nSPS) is 20.7. The van der Waals surface area contributed by atoms with Gasteiger partial charge in [0.15, 0.2) is 11.5 Å². The Morgan fingerprint density at radius 2 is 1.96 bits per heavy atom. The Kier molecular flexibility index (Phi) is 3.82. The fourth-order valence-corrected chi connectivity index (χ4v) is 2.54. The van der Waals surface area contributed by atoms with Crippen molar-refractivity contribution in [1.29, 1.82) is 0 Å². The van der Waals surface area contributed by atoms with Crippen LogP contribution in [0.5, 0.6) is 5.75 Å². The number of hydrogen-bond acceptors (Lipinski definition) is 4. The monoisotopic (exact) mass is 337 g/mol. The summed E-state index contributed by atoms with van der Waals surface area (Å²) in [6.45, 7) is 2.46. The SMILES string of the molecule is CCN1/C(=C\C=C2\C(=O)N(C)N=C2C(F)(F)F)Oc2ccccc21. The van der Waals surface area contributed by atoms with Crippen LogP contribution in [0.2, 0.25) is 0 Å². The van der Waals surface area contributed by atoms with Crippen molar-refractivity contribution in [1.82, 2.24) is 5.01 Å². The second kappa shape index (κ2) is 5.70. The number of para-hydroxylation sites is 2. The minimum absolute atomic E-state index is 0.357. The molecule has 2 aliphatic heterocycles. The highest BCUT2D eigenvalue weighted by Gasteiger charge is 2.45. The summed E-state index contributed by atoms with van der Waals surface area (Å²) in [6.07, 6.45) is -2.24.